The van der Waals surface area contributed by atoms with Gasteiger partial charge in [0.05, 0.1) is 12.3 Å². The molecule has 0 spiro atoms. The molecule has 1 aromatic heterocycles. The fourth-order valence-corrected chi connectivity index (χ4v) is 1.95. The van der Waals surface area contributed by atoms with Gasteiger partial charge in [0.15, 0.2) is 0 Å². The van der Waals surface area contributed by atoms with Gasteiger partial charge < -0.3 is 10.4 Å². The van der Waals surface area contributed by atoms with Gasteiger partial charge in [0.2, 0.25) is 5.91 Å². The van der Waals surface area contributed by atoms with Gasteiger partial charge in [-0.2, -0.15) is 0 Å². The molecule has 1 aromatic carbocycles. The number of nitrogens with zero attached hydrogens (tertiary/aromatic N) is 3. The lowest BCUT2D eigenvalue weighted by atomic mass is 10.1. The van der Waals surface area contributed by atoms with Crippen molar-refractivity contribution in [3.05, 3.63) is 46.2 Å². The van der Waals surface area contributed by atoms with E-state index in [1.807, 2.05) is 12.1 Å². The predicted octanol–water partition coefficient (Wildman–Crippen LogP) is 0.761. The number of nitrogens with one attached hydrogen (secondary N) is 1. The van der Waals surface area contributed by atoms with E-state index in [0.29, 0.717) is 17.1 Å². The summed E-state index contributed by atoms with van der Waals surface area (Å²) in [6.07, 6.45) is 0.525. The highest BCUT2D eigenvalue weighted by molar-refractivity contribution is 6.30. The summed E-state index contributed by atoms with van der Waals surface area (Å²) in [5.41, 5.74) is 2.20. The highest BCUT2D eigenvalue weighted by atomic mass is 35.5. The Hall–Kier alpha value is -1.92. The molecular weight excluding hydrogens is 280 g/mol. The third-order valence-corrected chi connectivity index (χ3v) is 3.18. The molecule has 0 aliphatic rings. The zero-order chi connectivity index (χ0) is 14.5. The van der Waals surface area contributed by atoms with Gasteiger partial charge >= 0.3 is 0 Å². The molecule has 0 unspecified atom stereocenters. The Morgan fingerprint density at radius 1 is 1.40 bits per heavy atom. The molecule has 2 rings (SSSR count). The van der Waals surface area contributed by atoms with Gasteiger partial charge in [-0.15, -0.1) is 5.10 Å². The third kappa shape index (κ3) is 3.34. The first kappa shape index (κ1) is 14.5. The van der Waals surface area contributed by atoms with Gasteiger partial charge in [-0.05, 0) is 17.7 Å². The Morgan fingerprint density at radius 3 is 2.70 bits per heavy atom. The minimum absolute atomic E-state index is 0.0758. The number of aromatic nitrogens is 3. The number of carbonyl (C=O) groups is 1. The zero-order valence-electron chi connectivity index (χ0n) is 11.0. The number of likely N-dealkylation sites (N-methyl/N-ethyl adjacent to an activating group) is 1. The van der Waals surface area contributed by atoms with E-state index in [2.05, 4.69) is 15.6 Å². The molecule has 1 amide bonds. The summed E-state index contributed by atoms with van der Waals surface area (Å²) in [6, 6.07) is 7.37. The number of carbonyl (C=O) groups excluding carboxylic acids is 1. The first-order chi connectivity index (χ1) is 9.63. The van der Waals surface area contributed by atoms with Gasteiger partial charge in [-0.1, -0.05) is 28.9 Å². The Kier molecular flexibility index (Phi) is 4.70. The fraction of sp³-hybridized carbons (Fsp3) is 0.308. The van der Waals surface area contributed by atoms with Gasteiger partial charge in [-0.25, -0.2) is 4.68 Å². The summed E-state index contributed by atoms with van der Waals surface area (Å²) >= 11 is 5.85. The van der Waals surface area contributed by atoms with E-state index in [1.165, 1.54) is 4.68 Å². The third-order valence-electron chi connectivity index (χ3n) is 2.92. The van der Waals surface area contributed by atoms with Crippen LogP contribution in [0.15, 0.2) is 24.3 Å². The van der Waals surface area contributed by atoms with Crippen LogP contribution in [0.25, 0.3) is 0 Å². The molecule has 0 radical (unpaired) electrons. The normalized spacial score (nSPS) is 10.6. The van der Waals surface area contributed by atoms with Crippen LogP contribution in [-0.2, 0) is 24.4 Å². The summed E-state index contributed by atoms with van der Waals surface area (Å²) in [5, 5.41) is 20.3. The molecule has 20 heavy (non-hydrogen) atoms. The monoisotopic (exact) mass is 294 g/mol. The standard InChI is InChI=1S/C13H15ClN4O2/c1-15-13(20)7-18-12(11(8-19)16-17-18)6-9-2-4-10(14)5-3-9/h2-5,19H,6-8H2,1H3,(H,15,20). The molecule has 2 N–H and O–H groups in total. The van der Waals surface area contributed by atoms with E-state index in [-0.39, 0.29) is 19.1 Å². The Labute approximate surface area is 121 Å². The molecule has 0 saturated carbocycles. The number of aliphatic hydroxyl groups is 1. The molecule has 7 heteroatoms. The second-order valence-electron chi connectivity index (χ2n) is 4.28. The molecule has 0 bridgehead atoms. The topological polar surface area (TPSA) is 80.0 Å². The van der Waals surface area contributed by atoms with Gasteiger partial charge in [-0.3, -0.25) is 4.79 Å². The molecule has 0 fully saturated rings. The van der Waals surface area contributed by atoms with Crippen LogP contribution >= 0.6 is 11.6 Å². The first-order valence-electron chi connectivity index (χ1n) is 6.11. The minimum atomic E-state index is -0.212. The van der Waals surface area contributed by atoms with E-state index in [1.54, 1.807) is 19.2 Å². The molecule has 0 saturated heterocycles. The lowest BCUT2D eigenvalue weighted by molar-refractivity contribution is -0.121. The van der Waals surface area contributed by atoms with Crippen molar-refractivity contribution in [1.82, 2.24) is 20.3 Å². The maximum atomic E-state index is 11.4. The smallest absolute Gasteiger partial charge is 0.241 e. The van der Waals surface area contributed by atoms with Crippen molar-refractivity contribution in [2.24, 2.45) is 0 Å². The lowest BCUT2D eigenvalue weighted by Crippen LogP contribution is -2.25. The molecule has 0 atom stereocenters. The highest BCUT2D eigenvalue weighted by Crippen LogP contribution is 2.15. The second kappa shape index (κ2) is 6.49. The Bertz CT molecular complexity index is 595. The van der Waals surface area contributed by atoms with Crippen LogP contribution in [0.1, 0.15) is 17.0 Å². The van der Waals surface area contributed by atoms with Crippen molar-refractivity contribution in [2.75, 3.05) is 7.05 Å². The maximum Gasteiger partial charge on any atom is 0.241 e. The van der Waals surface area contributed by atoms with Crippen LogP contribution in [0, 0.1) is 0 Å². The molecular formula is C13H15ClN4O2. The minimum Gasteiger partial charge on any atom is -0.390 e. The number of amides is 1. The summed E-state index contributed by atoms with van der Waals surface area (Å²) in [6.45, 7) is -0.136. The molecule has 2 aromatic rings. The van der Waals surface area contributed by atoms with Crippen molar-refractivity contribution in [3.8, 4) is 0 Å². The van der Waals surface area contributed by atoms with E-state index in [0.717, 1.165) is 11.3 Å². The number of hydrogen-bond acceptors (Lipinski definition) is 4. The second-order valence-corrected chi connectivity index (χ2v) is 4.71. The Morgan fingerprint density at radius 2 is 2.10 bits per heavy atom. The summed E-state index contributed by atoms with van der Waals surface area (Å²) in [7, 11) is 1.56. The van der Waals surface area contributed by atoms with Crippen molar-refractivity contribution in [3.63, 3.8) is 0 Å². The van der Waals surface area contributed by atoms with Crippen LogP contribution in [0.2, 0.25) is 5.02 Å². The van der Waals surface area contributed by atoms with Crippen molar-refractivity contribution in [2.45, 2.75) is 19.6 Å². The van der Waals surface area contributed by atoms with Crippen LogP contribution in [-0.4, -0.2) is 33.1 Å². The maximum absolute atomic E-state index is 11.4. The number of benzene rings is 1. The number of aliphatic hydroxyl groups excluding tert-OH is 1. The Balaban J connectivity index is 2.26. The van der Waals surface area contributed by atoms with Crippen LogP contribution < -0.4 is 5.32 Å². The molecule has 0 aliphatic carbocycles. The SMILES string of the molecule is CNC(=O)Cn1nnc(CO)c1Cc1ccc(Cl)cc1. The molecule has 1 heterocycles. The van der Waals surface area contributed by atoms with Crippen molar-refractivity contribution in [1.29, 1.82) is 0 Å². The van der Waals surface area contributed by atoms with Crippen LogP contribution in [0.4, 0.5) is 0 Å². The van der Waals surface area contributed by atoms with E-state index < -0.39 is 0 Å². The summed E-state index contributed by atoms with van der Waals surface area (Å²) < 4.78 is 1.50. The van der Waals surface area contributed by atoms with Crippen molar-refractivity contribution < 1.29 is 9.90 Å². The van der Waals surface area contributed by atoms with Gasteiger partial charge in [0.25, 0.3) is 0 Å². The van der Waals surface area contributed by atoms with Gasteiger partial charge in [0, 0.05) is 18.5 Å². The molecule has 106 valence electrons. The van der Waals surface area contributed by atoms with Gasteiger partial charge in [0.1, 0.15) is 12.2 Å². The number of halogens is 1. The van der Waals surface area contributed by atoms with Crippen LogP contribution in [0.3, 0.4) is 0 Å². The van der Waals surface area contributed by atoms with Crippen molar-refractivity contribution >= 4 is 17.5 Å². The molecule has 6 nitrogen and oxygen atoms in total. The predicted molar refractivity (Wildman–Crippen MR) is 74.3 cm³/mol. The van der Waals surface area contributed by atoms with Crippen LogP contribution in [0.5, 0.6) is 0 Å². The largest absolute Gasteiger partial charge is 0.390 e. The average Bonchev–Trinajstić information content (AvgIpc) is 2.83. The quantitative estimate of drug-likeness (QED) is 0.853. The lowest BCUT2D eigenvalue weighted by Gasteiger charge is -2.07. The van der Waals surface area contributed by atoms with E-state index in [4.69, 9.17) is 11.6 Å². The first-order valence-corrected chi connectivity index (χ1v) is 6.49. The number of rotatable bonds is 5. The van der Waals surface area contributed by atoms with E-state index >= 15 is 0 Å². The number of hydrogen-bond donors (Lipinski definition) is 2. The highest BCUT2D eigenvalue weighted by Gasteiger charge is 2.14. The summed E-state index contributed by atoms with van der Waals surface area (Å²) in [4.78, 5) is 11.4. The molecule has 0 aliphatic heterocycles. The fourth-order valence-electron chi connectivity index (χ4n) is 1.82. The summed E-state index contributed by atoms with van der Waals surface area (Å²) in [5.74, 6) is -0.170. The van der Waals surface area contributed by atoms with E-state index in [9.17, 15) is 9.90 Å². The average molecular weight is 295 g/mol. The zero-order valence-corrected chi connectivity index (χ0v) is 11.8.